The van der Waals surface area contributed by atoms with Crippen molar-refractivity contribution < 1.29 is 0 Å². The Balaban J connectivity index is 3.04. The maximum atomic E-state index is 5.99. The van der Waals surface area contributed by atoms with E-state index in [1.54, 1.807) is 12.1 Å². The van der Waals surface area contributed by atoms with Gasteiger partial charge in [0.1, 0.15) is 0 Å². The zero-order valence-electron chi connectivity index (χ0n) is 7.44. The van der Waals surface area contributed by atoms with E-state index in [1.165, 1.54) is 0 Å². The zero-order chi connectivity index (χ0) is 10.7. The van der Waals surface area contributed by atoms with Crippen LogP contribution < -0.4 is 5.32 Å². The molecule has 1 rings (SSSR count). The van der Waals surface area contributed by atoms with E-state index in [9.17, 15) is 0 Å². The summed E-state index contributed by atoms with van der Waals surface area (Å²) in [6, 6.07) is 3.42. The molecule has 1 nitrogen and oxygen atoms in total. The lowest BCUT2D eigenvalue weighted by Gasteiger charge is -2.13. The van der Waals surface area contributed by atoms with Crippen molar-refractivity contribution in [3.05, 3.63) is 26.7 Å². The second kappa shape index (κ2) is 4.93. The highest BCUT2D eigenvalue weighted by molar-refractivity contribution is 9.10. The van der Waals surface area contributed by atoms with Crippen molar-refractivity contribution in [2.24, 2.45) is 0 Å². The van der Waals surface area contributed by atoms with Gasteiger partial charge in [-0.3, -0.25) is 0 Å². The van der Waals surface area contributed by atoms with Crippen LogP contribution in [0.25, 0.3) is 0 Å². The molecule has 1 unspecified atom stereocenters. The van der Waals surface area contributed by atoms with Crippen LogP contribution >= 0.6 is 39.1 Å². The van der Waals surface area contributed by atoms with Gasteiger partial charge in [0, 0.05) is 4.47 Å². The Bertz CT molecular complexity index is 361. The molecule has 0 bridgehead atoms. The molecule has 0 aliphatic rings. The summed E-state index contributed by atoms with van der Waals surface area (Å²) in [5, 5.41) is 4.13. The molecule has 1 N–H and O–H groups in total. The van der Waals surface area contributed by atoms with Gasteiger partial charge in [-0.2, -0.15) is 0 Å². The van der Waals surface area contributed by atoms with Gasteiger partial charge in [0.15, 0.2) is 0 Å². The van der Waals surface area contributed by atoms with Crippen LogP contribution in [0, 0.1) is 12.3 Å². The van der Waals surface area contributed by atoms with Crippen LogP contribution in [0.15, 0.2) is 16.6 Å². The van der Waals surface area contributed by atoms with Crippen LogP contribution in [0.2, 0.25) is 10.0 Å². The van der Waals surface area contributed by atoms with E-state index in [0.29, 0.717) is 15.7 Å². The molecule has 0 heterocycles. The fourth-order valence-corrected chi connectivity index (χ4v) is 2.26. The van der Waals surface area contributed by atoms with Gasteiger partial charge in [-0.25, -0.2) is 0 Å². The van der Waals surface area contributed by atoms with Crippen LogP contribution in [-0.4, -0.2) is 6.04 Å². The Hall–Kier alpha value is -0.360. The summed E-state index contributed by atoms with van der Waals surface area (Å²) in [6.07, 6.45) is 5.24. The highest BCUT2D eigenvalue weighted by Crippen LogP contribution is 2.34. The fourth-order valence-electron chi connectivity index (χ4n) is 0.938. The van der Waals surface area contributed by atoms with Crippen molar-refractivity contribution in [3.63, 3.8) is 0 Å². The van der Waals surface area contributed by atoms with E-state index in [1.807, 2.05) is 6.92 Å². The Labute approximate surface area is 102 Å². The topological polar surface area (TPSA) is 12.0 Å². The van der Waals surface area contributed by atoms with Crippen molar-refractivity contribution in [2.75, 3.05) is 5.32 Å². The Kier molecular flexibility index (Phi) is 4.12. The lowest BCUT2D eigenvalue weighted by atomic mass is 10.2. The molecule has 0 spiro atoms. The number of halogens is 3. The van der Waals surface area contributed by atoms with Gasteiger partial charge in [-0.15, -0.1) is 6.42 Å². The van der Waals surface area contributed by atoms with E-state index in [4.69, 9.17) is 29.6 Å². The van der Waals surface area contributed by atoms with Gasteiger partial charge < -0.3 is 5.32 Å². The summed E-state index contributed by atoms with van der Waals surface area (Å²) < 4.78 is 0.839. The van der Waals surface area contributed by atoms with Crippen LogP contribution in [0.4, 0.5) is 5.69 Å². The highest BCUT2D eigenvalue weighted by atomic mass is 79.9. The molecule has 74 valence electrons. The molecule has 0 saturated heterocycles. The quantitative estimate of drug-likeness (QED) is 0.806. The third-order valence-electron chi connectivity index (χ3n) is 1.62. The third-order valence-corrected chi connectivity index (χ3v) is 2.67. The first kappa shape index (κ1) is 11.7. The summed E-state index contributed by atoms with van der Waals surface area (Å²) in [5.74, 6) is 2.54. The van der Waals surface area contributed by atoms with Gasteiger partial charge in [-0.1, -0.05) is 45.1 Å². The number of anilines is 1. The minimum absolute atomic E-state index is 0.105. The predicted octanol–water partition coefficient (Wildman–Crippen LogP) is 4.19. The summed E-state index contributed by atoms with van der Waals surface area (Å²) in [4.78, 5) is 0. The summed E-state index contributed by atoms with van der Waals surface area (Å²) in [7, 11) is 0. The second-order valence-corrected chi connectivity index (χ2v) is 4.51. The largest absolute Gasteiger partial charge is 0.369 e. The van der Waals surface area contributed by atoms with Crippen molar-refractivity contribution in [2.45, 2.75) is 13.0 Å². The van der Waals surface area contributed by atoms with Crippen molar-refractivity contribution >= 4 is 44.8 Å². The smallest absolute Gasteiger partial charge is 0.0846 e. The highest BCUT2D eigenvalue weighted by Gasteiger charge is 2.08. The van der Waals surface area contributed by atoms with Crippen LogP contribution in [0.3, 0.4) is 0 Å². The normalized spacial score (nSPS) is 11.9. The Morgan fingerprint density at radius 2 is 1.93 bits per heavy atom. The molecule has 1 aromatic carbocycles. The lowest BCUT2D eigenvalue weighted by Crippen LogP contribution is -2.12. The van der Waals surface area contributed by atoms with E-state index in [0.717, 1.165) is 4.47 Å². The van der Waals surface area contributed by atoms with Crippen LogP contribution in [0.5, 0.6) is 0 Å². The zero-order valence-corrected chi connectivity index (χ0v) is 10.5. The molecule has 0 radical (unpaired) electrons. The molecular formula is C10H8BrCl2N. The molecular weight excluding hydrogens is 285 g/mol. The molecule has 0 amide bonds. The minimum Gasteiger partial charge on any atom is -0.369 e. The van der Waals surface area contributed by atoms with Gasteiger partial charge in [0.25, 0.3) is 0 Å². The predicted molar refractivity (Wildman–Crippen MR) is 66.1 cm³/mol. The average molecular weight is 293 g/mol. The molecule has 0 aromatic heterocycles. The second-order valence-electron chi connectivity index (χ2n) is 2.78. The minimum atomic E-state index is -0.105. The van der Waals surface area contributed by atoms with E-state index >= 15 is 0 Å². The van der Waals surface area contributed by atoms with E-state index in [2.05, 4.69) is 27.2 Å². The molecule has 0 saturated carbocycles. The maximum Gasteiger partial charge on any atom is 0.0846 e. The van der Waals surface area contributed by atoms with Gasteiger partial charge in [-0.05, 0) is 19.1 Å². The van der Waals surface area contributed by atoms with Crippen LogP contribution in [-0.2, 0) is 0 Å². The van der Waals surface area contributed by atoms with Crippen LogP contribution in [0.1, 0.15) is 6.92 Å². The molecule has 1 atom stereocenters. The SMILES string of the molecule is C#CC(C)Nc1c(Cl)cc(Br)cc1Cl. The molecule has 14 heavy (non-hydrogen) atoms. The summed E-state index contributed by atoms with van der Waals surface area (Å²) in [6.45, 7) is 1.86. The molecule has 1 aromatic rings. The van der Waals surface area contributed by atoms with Crippen molar-refractivity contribution in [1.82, 2.24) is 0 Å². The van der Waals surface area contributed by atoms with Gasteiger partial charge in [0.2, 0.25) is 0 Å². The first-order valence-corrected chi connectivity index (χ1v) is 5.46. The molecule has 4 heteroatoms. The summed E-state index contributed by atoms with van der Waals surface area (Å²) in [5.41, 5.74) is 0.669. The molecule has 0 aliphatic heterocycles. The maximum absolute atomic E-state index is 5.99. The monoisotopic (exact) mass is 291 g/mol. The van der Waals surface area contributed by atoms with Crippen molar-refractivity contribution in [1.29, 1.82) is 0 Å². The Morgan fingerprint density at radius 3 is 2.36 bits per heavy atom. The number of rotatable bonds is 2. The van der Waals surface area contributed by atoms with Gasteiger partial charge >= 0.3 is 0 Å². The first-order valence-electron chi connectivity index (χ1n) is 3.92. The average Bonchev–Trinajstić information content (AvgIpc) is 2.10. The number of hydrogen-bond acceptors (Lipinski definition) is 1. The fraction of sp³-hybridized carbons (Fsp3) is 0.200. The van der Waals surface area contributed by atoms with E-state index < -0.39 is 0 Å². The standard InChI is InChI=1S/C10H8BrCl2N/c1-3-6(2)14-10-8(12)4-7(11)5-9(10)13/h1,4-6,14H,2H3. The molecule has 0 fully saturated rings. The Morgan fingerprint density at radius 1 is 1.43 bits per heavy atom. The van der Waals surface area contributed by atoms with Crippen molar-refractivity contribution in [3.8, 4) is 12.3 Å². The lowest BCUT2D eigenvalue weighted by molar-refractivity contribution is 1.04. The first-order chi connectivity index (χ1) is 6.54. The number of terminal acetylenes is 1. The van der Waals surface area contributed by atoms with E-state index in [-0.39, 0.29) is 6.04 Å². The van der Waals surface area contributed by atoms with Gasteiger partial charge in [0.05, 0.1) is 21.8 Å². The third kappa shape index (κ3) is 2.81. The number of nitrogens with one attached hydrogen (secondary N) is 1. The number of hydrogen-bond donors (Lipinski definition) is 1. The molecule has 0 aliphatic carbocycles. The number of benzene rings is 1. The summed E-state index contributed by atoms with van der Waals surface area (Å²) >= 11 is 15.3.